The molecule has 0 unspecified atom stereocenters. The Balaban J connectivity index is 2.49. The number of nitrogen functional groups attached to an aromatic ring is 1. The number of rotatable bonds is 5. The van der Waals surface area contributed by atoms with Gasteiger partial charge in [-0.2, -0.15) is 0 Å². The van der Waals surface area contributed by atoms with Gasteiger partial charge < -0.3 is 15.2 Å². The summed E-state index contributed by atoms with van der Waals surface area (Å²) in [5.41, 5.74) is 5.41. The number of nitrogens with zero attached hydrogens (tertiary/aromatic N) is 2. The summed E-state index contributed by atoms with van der Waals surface area (Å²) >= 11 is 0. The van der Waals surface area contributed by atoms with Gasteiger partial charge in [-0.25, -0.2) is 9.97 Å². The molecule has 0 saturated heterocycles. The van der Waals surface area contributed by atoms with Crippen molar-refractivity contribution in [1.29, 1.82) is 5.41 Å². The maximum Gasteiger partial charge on any atom is 0.243 e. The fraction of sp³-hybridized carbons (Fsp3) is 0.545. The maximum absolute atomic E-state index is 7.32. The molecular formula is C11H18N4O2. The summed E-state index contributed by atoms with van der Waals surface area (Å²) in [5, 5.41) is 7.32. The summed E-state index contributed by atoms with van der Waals surface area (Å²) in [6.07, 6.45) is 2.96. The molecule has 6 nitrogen and oxygen atoms in total. The van der Waals surface area contributed by atoms with Crippen molar-refractivity contribution in [2.24, 2.45) is 5.73 Å². The second-order valence-electron chi connectivity index (χ2n) is 4.43. The Morgan fingerprint density at radius 1 is 1.29 bits per heavy atom. The van der Waals surface area contributed by atoms with Crippen LogP contribution in [0.4, 0.5) is 0 Å². The molecular weight excluding hydrogens is 220 g/mol. The van der Waals surface area contributed by atoms with Crippen LogP contribution in [0.25, 0.3) is 0 Å². The number of aromatic nitrogens is 2. The molecule has 0 atom stereocenters. The lowest BCUT2D eigenvalue weighted by molar-refractivity contribution is -0.0168. The molecule has 1 heterocycles. The number of hydrogen-bond acceptors (Lipinski definition) is 5. The predicted molar refractivity (Wildman–Crippen MR) is 64.2 cm³/mol. The molecule has 94 valence electrons. The lowest BCUT2D eigenvalue weighted by atomic mass is 10.2. The average molecular weight is 238 g/mol. The molecule has 0 bridgehead atoms. The molecule has 0 aliphatic heterocycles. The highest BCUT2D eigenvalue weighted by Gasteiger charge is 2.11. The Bertz CT molecular complexity index is 387. The standard InChI is InChI=1S/C11H18N4O2/c1-11(2,3)17-7-6-16-10-8(9(12)13)14-4-5-15-10/h4-5H,6-7H2,1-3H3,(H3,12,13). The van der Waals surface area contributed by atoms with Crippen LogP contribution in [0.15, 0.2) is 12.4 Å². The summed E-state index contributed by atoms with van der Waals surface area (Å²) in [6.45, 7) is 6.69. The van der Waals surface area contributed by atoms with Crippen molar-refractivity contribution in [1.82, 2.24) is 9.97 Å². The van der Waals surface area contributed by atoms with Crippen molar-refractivity contribution < 1.29 is 9.47 Å². The first-order chi connectivity index (χ1) is 7.90. The first-order valence-electron chi connectivity index (χ1n) is 5.32. The molecule has 6 heteroatoms. The molecule has 1 rings (SSSR count). The first-order valence-corrected chi connectivity index (χ1v) is 5.32. The van der Waals surface area contributed by atoms with Gasteiger partial charge in [0.1, 0.15) is 12.4 Å². The second kappa shape index (κ2) is 5.58. The predicted octanol–water partition coefficient (Wildman–Crippen LogP) is 0.955. The summed E-state index contributed by atoms with van der Waals surface area (Å²) < 4.78 is 10.9. The van der Waals surface area contributed by atoms with Crippen LogP contribution < -0.4 is 10.5 Å². The molecule has 0 aliphatic carbocycles. The highest BCUT2D eigenvalue weighted by atomic mass is 16.5. The van der Waals surface area contributed by atoms with Gasteiger partial charge in [0.05, 0.1) is 12.2 Å². The van der Waals surface area contributed by atoms with E-state index in [1.54, 1.807) is 0 Å². The molecule has 0 fully saturated rings. The second-order valence-corrected chi connectivity index (χ2v) is 4.43. The minimum Gasteiger partial charge on any atom is -0.474 e. The summed E-state index contributed by atoms with van der Waals surface area (Å²) in [5.74, 6) is 0.0994. The maximum atomic E-state index is 7.32. The summed E-state index contributed by atoms with van der Waals surface area (Å²) in [4.78, 5) is 7.90. The average Bonchev–Trinajstić information content (AvgIpc) is 2.23. The van der Waals surface area contributed by atoms with E-state index in [1.807, 2.05) is 20.8 Å². The van der Waals surface area contributed by atoms with Gasteiger partial charge in [-0.15, -0.1) is 0 Å². The quantitative estimate of drug-likeness (QED) is 0.452. The molecule has 0 aromatic carbocycles. The van der Waals surface area contributed by atoms with Crippen LogP contribution in [-0.2, 0) is 4.74 Å². The largest absolute Gasteiger partial charge is 0.474 e. The van der Waals surface area contributed by atoms with E-state index in [0.717, 1.165) is 0 Å². The van der Waals surface area contributed by atoms with Crippen molar-refractivity contribution in [3.8, 4) is 5.88 Å². The van der Waals surface area contributed by atoms with Crippen LogP contribution in [0, 0.1) is 5.41 Å². The molecule has 0 spiro atoms. The van der Waals surface area contributed by atoms with Gasteiger partial charge in [-0.05, 0) is 20.8 Å². The van der Waals surface area contributed by atoms with Crippen LogP contribution >= 0.6 is 0 Å². The summed E-state index contributed by atoms with van der Waals surface area (Å²) in [7, 11) is 0. The summed E-state index contributed by atoms with van der Waals surface area (Å²) in [6, 6.07) is 0. The highest BCUT2D eigenvalue weighted by Crippen LogP contribution is 2.11. The van der Waals surface area contributed by atoms with Crippen molar-refractivity contribution in [2.75, 3.05) is 13.2 Å². The zero-order valence-corrected chi connectivity index (χ0v) is 10.4. The number of amidine groups is 1. The highest BCUT2D eigenvalue weighted by molar-refractivity contribution is 5.94. The van der Waals surface area contributed by atoms with Crippen molar-refractivity contribution in [3.05, 3.63) is 18.1 Å². The fourth-order valence-corrected chi connectivity index (χ4v) is 1.10. The number of nitrogens with one attached hydrogen (secondary N) is 1. The zero-order valence-electron chi connectivity index (χ0n) is 10.4. The molecule has 3 N–H and O–H groups in total. The van der Waals surface area contributed by atoms with E-state index in [0.29, 0.717) is 13.2 Å². The topological polar surface area (TPSA) is 94.1 Å². The van der Waals surface area contributed by atoms with Gasteiger partial charge in [-0.1, -0.05) is 0 Å². The van der Waals surface area contributed by atoms with Gasteiger partial charge in [0.15, 0.2) is 5.69 Å². The Morgan fingerprint density at radius 3 is 2.53 bits per heavy atom. The molecule has 0 aliphatic rings. The molecule has 1 aromatic heterocycles. The van der Waals surface area contributed by atoms with Gasteiger partial charge in [0.25, 0.3) is 0 Å². The van der Waals surface area contributed by atoms with E-state index in [4.69, 9.17) is 20.6 Å². The minimum absolute atomic E-state index is 0.162. The van der Waals surface area contributed by atoms with E-state index in [-0.39, 0.29) is 23.0 Å². The molecule has 0 radical (unpaired) electrons. The number of nitrogens with two attached hydrogens (primary N) is 1. The van der Waals surface area contributed by atoms with Gasteiger partial charge in [0, 0.05) is 12.4 Å². The van der Waals surface area contributed by atoms with Crippen molar-refractivity contribution in [2.45, 2.75) is 26.4 Å². The third kappa shape index (κ3) is 4.78. The monoisotopic (exact) mass is 238 g/mol. The van der Waals surface area contributed by atoms with E-state index in [9.17, 15) is 0 Å². The van der Waals surface area contributed by atoms with E-state index < -0.39 is 0 Å². The number of ether oxygens (including phenoxy) is 2. The Labute approximate surface area is 101 Å². The molecule has 1 aromatic rings. The van der Waals surface area contributed by atoms with E-state index in [1.165, 1.54) is 12.4 Å². The van der Waals surface area contributed by atoms with Crippen LogP contribution in [0.1, 0.15) is 26.5 Å². The Kier molecular flexibility index (Phi) is 4.39. The van der Waals surface area contributed by atoms with Crippen LogP contribution in [0.5, 0.6) is 5.88 Å². The Hall–Kier alpha value is -1.69. The van der Waals surface area contributed by atoms with E-state index in [2.05, 4.69) is 9.97 Å². The van der Waals surface area contributed by atoms with Crippen molar-refractivity contribution >= 4 is 5.84 Å². The number of hydrogen-bond donors (Lipinski definition) is 2. The smallest absolute Gasteiger partial charge is 0.243 e. The first kappa shape index (κ1) is 13.4. The van der Waals surface area contributed by atoms with Gasteiger partial charge in [0.2, 0.25) is 5.88 Å². The third-order valence-electron chi connectivity index (χ3n) is 1.78. The van der Waals surface area contributed by atoms with Gasteiger partial charge in [-0.3, -0.25) is 5.41 Å². The lowest BCUT2D eigenvalue weighted by Crippen LogP contribution is -2.23. The van der Waals surface area contributed by atoms with Crippen LogP contribution in [0.2, 0.25) is 0 Å². The third-order valence-corrected chi connectivity index (χ3v) is 1.78. The SMILES string of the molecule is CC(C)(C)OCCOc1nccnc1C(=N)N. The fourth-order valence-electron chi connectivity index (χ4n) is 1.10. The van der Waals surface area contributed by atoms with E-state index >= 15 is 0 Å². The minimum atomic E-state index is -0.199. The molecule has 0 amide bonds. The zero-order chi connectivity index (χ0) is 12.9. The van der Waals surface area contributed by atoms with Crippen LogP contribution in [-0.4, -0.2) is 34.6 Å². The van der Waals surface area contributed by atoms with Crippen LogP contribution in [0.3, 0.4) is 0 Å². The van der Waals surface area contributed by atoms with Gasteiger partial charge >= 0.3 is 0 Å². The Morgan fingerprint density at radius 2 is 1.94 bits per heavy atom. The normalized spacial score (nSPS) is 11.2. The molecule has 0 saturated carbocycles. The lowest BCUT2D eigenvalue weighted by Gasteiger charge is -2.19. The molecule has 17 heavy (non-hydrogen) atoms. The van der Waals surface area contributed by atoms with Crippen molar-refractivity contribution in [3.63, 3.8) is 0 Å².